The molecule has 0 bridgehead atoms. The van der Waals surface area contributed by atoms with Gasteiger partial charge >= 0.3 is 0 Å². The zero-order chi connectivity index (χ0) is 17.9. The summed E-state index contributed by atoms with van der Waals surface area (Å²) >= 11 is 9.10. The van der Waals surface area contributed by atoms with E-state index in [1.807, 2.05) is 0 Å². The van der Waals surface area contributed by atoms with E-state index in [4.69, 9.17) is 16.3 Å². The number of nitrogens with one attached hydrogen (secondary N) is 1. The van der Waals surface area contributed by atoms with Gasteiger partial charge in [0.25, 0.3) is 10.0 Å². The first-order valence-corrected chi connectivity index (χ1v) is 9.90. The van der Waals surface area contributed by atoms with Gasteiger partial charge in [0.15, 0.2) is 0 Å². The molecule has 0 radical (unpaired) electrons. The first-order valence-electron chi connectivity index (χ1n) is 7.24. The SMILES string of the molecule is O=S(=O)(Nc1ccc(Oc2ccc(Cl)cc2)cc1)c1cccc(Br)c1. The summed E-state index contributed by atoms with van der Waals surface area (Å²) in [5.41, 5.74) is 0.448. The Morgan fingerprint density at radius 2 is 1.48 bits per heavy atom. The van der Waals surface area contributed by atoms with Crippen LogP contribution in [0.15, 0.2) is 82.2 Å². The van der Waals surface area contributed by atoms with Crippen LogP contribution in [-0.2, 0) is 10.0 Å². The Morgan fingerprint density at radius 3 is 2.08 bits per heavy atom. The molecule has 0 saturated carbocycles. The summed E-state index contributed by atoms with van der Waals surface area (Å²) in [5.74, 6) is 1.24. The third-order valence-corrected chi connectivity index (χ3v) is 5.39. The highest BCUT2D eigenvalue weighted by molar-refractivity contribution is 9.10. The van der Waals surface area contributed by atoms with Gasteiger partial charge in [0, 0.05) is 15.2 Å². The molecule has 128 valence electrons. The van der Waals surface area contributed by atoms with E-state index in [-0.39, 0.29) is 4.90 Å². The Labute approximate surface area is 159 Å². The smallest absolute Gasteiger partial charge is 0.261 e. The van der Waals surface area contributed by atoms with Crippen LogP contribution >= 0.6 is 27.5 Å². The fraction of sp³-hybridized carbons (Fsp3) is 0. The predicted octanol–water partition coefficient (Wildman–Crippen LogP) is 5.70. The van der Waals surface area contributed by atoms with Crippen molar-refractivity contribution in [3.05, 3.63) is 82.3 Å². The van der Waals surface area contributed by atoms with Crippen molar-refractivity contribution in [2.75, 3.05) is 4.72 Å². The second-order valence-electron chi connectivity index (χ2n) is 5.14. The molecule has 3 rings (SSSR count). The van der Waals surface area contributed by atoms with Crippen LogP contribution < -0.4 is 9.46 Å². The molecule has 0 aliphatic rings. The molecule has 0 saturated heterocycles. The maximum atomic E-state index is 12.4. The minimum atomic E-state index is -3.65. The molecule has 3 aromatic rings. The predicted molar refractivity (Wildman–Crippen MR) is 103 cm³/mol. The van der Waals surface area contributed by atoms with Crippen LogP contribution in [-0.4, -0.2) is 8.42 Å². The van der Waals surface area contributed by atoms with E-state index in [1.165, 1.54) is 6.07 Å². The van der Waals surface area contributed by atoms with E-state index >= 15 is 0 Å². The molecule has 0 atom stereocenters. The lowest BCUT2D eigenvalue weighted by Gasteiger charge is -2.10. The van der Waals surface area contributed by atoms with Crippen molar-refractivity contribution in [1.29, 1.82) is 0 Å². The highest BCUT2D eigenvalue weighted by Crippen LogP contribution is 2.25. The molecule has 25 heavy (non-hydrogen) atoms. The maximum Gasteiger partial charge on any atom is 0.261 e. The minimum absolute atomic E-state index is 0.184. The molecule has 0 aliphatic carbocycles. The van der Waals surface area contributed by atoms with E-state index < -0.39 is 10.0 Å². The lowest BCUT2D eigenvalue weighted by atomic mass is 10.3. The van der Waals surface area contributed by atoms with Gasteiger partial charge in [-0.3, -0.25) is 4.72 Å². The summed E-state index contributed by atoms with van der Waals surface area (Å²) in [4.78, 5) is 0.184. The van der Waals surface area contributed by atoms with Crippen LogP contribution in [0.5, 0.6) is 11.5 Å². The van der Waals surface area contributed by atoms with Gasteiger partial charge < -0.3 is 4.74 Å². The maximum absolute atomic E-state index is 12.4. The van der Waals surface area contributed by atoms with Gasteiger partial charge in [-0.2, -0.15) is 0 Å². The van der Waals surface area contributed by atoms with Crippen molar-refractivity contribution >= 4 is 43.2 Å². The standard InChI is InChI=1S/C18H13BrClNO3S/c19-13-2-1-3-18(12-13)25(22,23)21-15-6-10-17(11-7-15)24-16-8-4-14(20)5-9-16/h1-12,21H. The van der Waals surface area contributed by atoms with Crippen LogP contribution in [0.25, 0.3) is 0 Å². The van der Waals surface area contributed by atoms with E-state index in [9.17, 15) is 8.42 Å². The number of hydrogen-bond donors (Lipinski definition) is 1. The topological polar surface area (TPSA) is 55.4 Å². The summed E-state index contributed by atoms with van der Waals surface area (Å²) in [7, 11) is -3.65. The highest BCUT2D eigenvalue weighted by atomic mass is 79.9. The molecule has 3 aromatic carbocycles. The van der Waals surface area contributed by atoms with Gasteiger partial charge in [0.2, 0.25) is 0 Å². The van der Waals surface area contributed by atoms with Crippen molar-refractivity contribution in [3.8, 4) is 11.5 Å². The quantitative estimate of drug-likeness (QED) is 0.556. The number of rotatable bonds is 5. The van der Waals surface area contributed by atoms with Crippen LogP contribution in [0.2, 0.25) is 5.02 Å². The molecule has 0 amide bonds. The summed E-state index contributed by atoms with van der Waals surface area (Å²) in [6, 6.07) is 20.1. The summed E-state index contributed by atoms with van der Waals surface area (Å²) < 4.78 is 33.7. The summed E-state index contributed by atoms with van der Waals surface area (Å²) in [6.45, 7) is 0. The van der Waals surface area contributed by atoms with Crippen molar-refractivity contribution in [2.45, 2.75) is 4.90 Å². The van der Waals surface area contributed by atoms with E-state index in [2.05, 4.69) is 20.7 Å². The van der Waals surface area contributed by atoms with Crippen molar-refractivity contribution in [3.63, 3.8) is 0 Å². The Hall–Kier alpha value is -2.02. The zero-order valence-electron chi connectivity index (χ0n) is 12.8. The molecule has 0 aliphatic heterocycles. The number of anilines is 1. The summed E-state index contributed by atoms with van der Waals surface area (Å²) in [6.07, 6.45) is 0. The van der Waals surface area contributed by atoms with Crippen LogP contribution in [0.3, 0.4) is 0 Å². The molecule has 4 nitrogen and oxygen atoms in total. The second-order valence-corrected chi connectivity index (χ2v) is 8.18. The van der Waals surface area contributed by atoms with Gasteiger partial charge in [0.05, 0.1) is 4.90 Å². The minimum Gasteiger partial charge on any atom is -0.457 e. The average molecular weight is 439 g/mol. The number of halogens is 2. The Kier molecular flexibility index (Phi) is 5.32. The van der Waals surface area contributed by atoms with E-state index in [1.54, 1.807) is 66.7 Å². The zero-order valence-corrected chi connectivity index (χ0v) is 16.0. The van der Waals surface area contributed by atoms with E-state index in [0.717, 1.165) is 0 Å². The number of sulfonamides is 1. The number of ether oxygens (including phenoxy) is 1. The second kappa shape index (κ2) is 7.47. The van der Waals surface area contributed by atoms with Gasteiger partial charge in [-0.25, -0.2) is 8.42 Å². The fourth-order valence-electron chi connectivity index (χ4n) is 2.08. The average Bonchev–Trinajstić information content (AvgIpc) is 2.58. The molecule has 0 fully saturated rings. The number of benzene rings is 3. The van der Waals surface area contributed by atoms with Gasteiger partial charge in [-0.15, -0.1) is 0 Å². The van der Waals surface area contributed by atoms with Crippen molar-refractivity contribution in [1.82, 2.24) is 0 Å². The molecular weight excluding hydrogens is 426 g/mol. The van der Waals surface area contributed by atoms with Gasteiger partial charge in [-0.05, 0) is 66.7 Å². The largest absolute Gasteiger partial charge is 0.457 e. The van der Waals surface area contributed by atoms with Gasteiger partial charge in [-0.1, -0.05) is 33.6 Å². The Morgan fingerprint density at radius 1 is 0.880 bits per heavy atom. The monoisotopic (exact) mass is 437 g/mol. The van der Waals surface area contributed by atoms with Crippen molar-refractivity contribution in [2.24, 2.45) is 0 Å². The number of hydrogen-bond acceptors (Lipinski definition) is 3. The van der Waals surface area contributed by atoms with Crippen molar-refractivity contribution < 1.29 is 13.2 Å². The van der Waals surface area contributed by atoms with Crippen LogP contribution in [0.1, 0.15) is 0 Å². The fourth-order valence-corrected chi connectivity index (χ4v) is 3.86. The lowest BCUT2D eigenvalue weighted by molar-refractivity contribution is 0.483. The normalized spacial score (nSPS) is 11.1. The molecule has 0 spiro atoms. The van der Waals surface area contributed by atoms with Crippen LogP contribution in [0, 0.1) is 0 Å². The molecule has 0 aromatic heterocycles. The molecular formula is C18H13BrClNO3S. The summed E-state index contributed by atoms with van der Waals surface area (Å²) in [5, 5.41) is 0.629. The first-order chi connectivity index (χ1) is 11.9. The molecule has 1 N–H and O–H groups in total. The third kappa shape index (κ3) is 4.75. The highest BCUT2D eigenvalue weighted by Gasteiger charge is 2.14. The van der Waals surface area contributed by atoms with Gasteiger partial charge in [0.1, 0.15) is 11.5 Å². The molecule has 0 heterocycles. The molecule has 0 unspecified atom stereocenters. The Balaban J connectivity index is 1.73. The Bertz CT molecular complexity index is 974. The van der Waals surface area contributed by atoms with E-state index in [0.29, 0.717) is 26.7 Å². The first kappa shape index (κ1) is 17.8. The van der Waals surface area contributed by atoms with Crippen LogP contribution in [0.4, 0.5) is 5.69 Å². The lowest BCUT2D eigenvalue weighted by Crippen LogP contribution is -2.12. The third-order valence-electron chi connectivity index (χ3n) is 3.26. The molecule has 7 heteroatoms.